The number of allylic oxidation sites excluding steroid dienone is 1. The Bertz CT molecular complexity index is 949. The normalized spacial score (nSPS) is 16.2. The topological polar surface area (TPSA) is 66.5 Å². The maximum Gasteiger partial charge on any atom is 0.246 e. The van der Waals surface area contributed by atoms with Gasteiger partial charge in [-0.3, -0.25) is 4.79 Å². The van der Waals surface area contributed by atoms with Crippen molar-refractivity contribution in [2.75, 3.05) is 13.1 Å². The van der Waals surface area contributed by atoms with E-state index in [1.807, 2.05) is 37.3 Å². The summed E-state index contributed by atoms with van der Waals surface area (Å²) < 4.78 is 40.5. The van der Waals surface area contributed by atoms with E-state index in [0.29, 0.717) is 25.9 Å². The molecule has 2 aromatic carbocycles. The van der Waals surface area contributed by atoms with E-state index >= 15 is 0 Å². The number of piperidine rings is 1. The van der Waals surface area contributed by atoms with Gasteiger partial charge in [-0.2, -0.15) is 0 Å². The van der Waals surface area contributed by atoms with Gasteiger partial charge < -0.3 is 4.90 Å². The minimum Gasteiger partial charge on any atom is -0.339 e. The van der Waals surface area contributed by atoms with Gasteiger partial charge in [-0.1, -0.05) is 30.3 Å². The molecule has 1 N–H and O–H groups in total. The second kappa shape index (κ2) is 8.67. The highest BCUT2D eigenvalue weighted by Gasteiger charge is 2.26. The Labute approximate surface area is 164 Å². The van der Waals surface area contributed by atoms with Gasteiger partial charge in [0.25, 0.3) is 0 Å². The molecule has 3 rings (SSSR count). The fraction of sp³-hybridized carbons (Fsp3) is 0.286. The molecule has 28 heavy (non-hydrogen) atoms. The van der Waals surface area contributed by atoms with Crippen LogP contribution >= 0.6 is 0 Å². The van der Waals surface area contributed by atoms with Gasteiger partial charge in [0.05, 0.1) is 4.90 Å². The summed E-state index contributed by atoms with van der Waals surface area (Å²) in [4.78, 5) is 14.3. The van der Waals surface area contributed by atoms with Gasteiger partial charge in [-0.15, -0.1) is 0 Å². The summed E-state index contributed by atoms with van der Waals surface area (Å²) in [5.74, 6) is -0.550. The zero-order valence-corrected chi connectivity index (χ0v) is 16.5. The molecule has 0 spiro atoms. The van der Waals surface area contributed by atoms with Gasteiger partial charge in [0.15, 0.2) is 0 Å². The molecule has 1 saturated heterocycles. The number of carbonyl (C=O) groups excluding carboxylic acids is 1. The predicted molar refractivity (Wildman–Crippen MR) is 106 cm³/mol. The van der Waals surface area contributed by atoms with Crippen molar-refractivity contribution in [3.63, 3.8) is 0 Å². The molecule has 0 atom stereocenters. The van der Waals surface area contributed by atoms with E-state index in [0.717, 1.165) is 23.3 Å². The Balaban J connectivity index is 1.57. The largest absolute Gasteiger partial charge is 0.339 e. The molecule has 5 nitrogen and oxygen atoms in total. The van der Waals surface area contributed by atoms with Gasteiger partial charge in [0.1, 0.15) is 5.82 Å². The molecule has 7 heteroatoms. The lowest BCUT2D eigenvalue weighted by Gasteiger charge is -2.31. The number of sulfonamides is 1. The van der Waals surface area contributed by atoms with Gasteiger partial charge in [-0.25, -0.2) is 17.5 Å². The average Bonchev–Trinajstić information content (AvgIpc) is 2.69. The van der Waals surface area contributed by atoms with Crippen LogP contribution in [0, 0.1) is 5.82 Å². The van der Waals surface area contributed by atoms with Crippen molar-refractivity contribution in [2.45, 2.75) is 30.7 Å². The number of halogens is 1. The van der Waals surface area contributed by atoms with Gasteiger partial charge in [-0.05, 0) is 55.2 Å². The third-order valence-electron chi connectivity index (χ3n) is 4.82. The highest BCUT2D eigenvalue weighted by molar-refractivity contribution is 7.89. The van der Waals surface area contributed by atoms with Crippen molar-refractivity contribution in [1.29, 1.82) is 0 Å². The molecule has 1 amide bonds. The molecule has 0 aromatic heterocycles. The van der Waals surface area contributed by atoms with Crippen molar-refractivity contribution >= 4 is 21.5 Å². The number of carbonyl (C=O) groups is 1. The lowest BCUT2D eigenvalue weighted by atomic mass is 10.0. The van der Waals surface area contributed by atoms with Gasteiger partial charge >= 0.3 is 0 Å². The van der Waals surface area contributed by atoms with Crippen LogP contribution in [0.3, 0.4) is 0 Å². The third kappa shape index (κ3) is 5.05. The molecule has 0 aliphatic carbocycles. The summed E-state index contributed by atoms with van der Waals surface area (Å²) in [5.41, 5.74) is 1.89. The number of nitrogens with one attached hydrogen (secondary N) is 1. The molecule has 0 bridgehead atoms. The third-order valence-corrected chi connectivity index (χ3v) is 6.36. The van der Waals surface area contributed by atoms with Gasteiger partial charge in [0.2, 0.25) is 15.9 Å². The highest BCUT2D eigenvalue weighted by Crippen LogP contribution is 2.18. The summed E-state index contributed by atoms with van der Waals surface area (Å²) >= 11 is 0. The van der Waals surface area contributed by atoms with Crippen LogP contribution in [-0.4, -0.2) is 38.4 Å². The minimum atomic E-state index is -3.70. The number of rotatable bonds is 5. The molecule has 2 aromatic rings. The fourth-order valence-corrected chi connectivity index (χ4v) is 4.48. The molecule has 0 radical (unpaired) electrons. The average molecular weight is 402 g/mol. The molecule has 0 saturated carbocycles. The first-order valence-corrected chi connectivity index (χ1v) is 10.6. The van der Waals surface area contributed by atoms with Crippen LogP contribution < -0.4 is 4.72 Å². The van der Waals surface area contributed by atoms with Crippen molar-refractivity contribution in [1.82, 2.24) is 9.62 Å². The number of hydrogen-bond donors (Lipinski definition) is 1. The number of likely N-dealkylation sites (tertiary alicyclic amines) is 1. The van der Waals surface area contributed by atoms with Crippen LogP contribution in [0.5, 0.6) is 0 Å². The number of hydrogen-bond acceptors (Lipinski definition) is 3. The van der Waals surface area contributed by atoms with Gasteiger partial charge in [0, 0.05) is 25.2 Å². The van der Waals surface area contributed by atoms with E-state index in [4.69, 9.17) is 0 Å². The Morgan fingerprint density at radius 1 is 1.07 bits per heavy atom. The van der Waals surface area contributed by atoms with Crippen LogP contribution in [0.15, 0.2) is 65.6 Å². The second-order valence-corrected chi connectivity index (χ2v) is 8.58. The van der Waals surface area contributed by atoms with E-state index < -0.39 is 15.8 Å². The molecule has 1 heterocycles. The van der Waals surface area contributed by atoms with Crippen molar-refractivity contribution in [3.8, 4) is 0 Å². The SMILES string of the molecule is C/C(=C\C(=O)N1CCC(NS(=O)(=O)c2ccc(F)cc2)CC1)c1ccccc1. The maximum atomic E-state index is 13.0. The Morgan fingerprint density at radius 3 is 2.29 bits per heavy atom. The molecule has 148 valence electrons. The first-order valence-electron chi connectivity index (χ1n) is 9.16. The molecule has 1 fully saturated rings. The first-order chi connectivity index (χ1) is 13.3. The van der Waals surface area contributed by atoms with Crippen molar-refractivity contribution in [2.24, 2.45) is 0 Å². The van der Waals surface area contributed by atoms with E-state index in [-0.39, 0.29) is 16.8 Å². The Hall–Kier alpha value is -2.51. The summed E-state index contributed by atoms with van der Waals surface area (Å²) in [6, 6.07) is 14.2. The van der Waals surface area contributed by atoms with E-state index in [1.165, 1.54) is 12.1 Å². The fourth-order valence-electron chi connectivity index (χ4n) is 3.18. The molecular weight excluding hydrogens is 379 g/mol. The predicted octanol–water partition coefficient (Wildman–Crippen LogP) is 3.20. The highest BCUT2D eigenvalue weighted by atomic mass is 32.2. The summed E-state index contributed by atoms with van der Waals surface area (Å²) in [6.45, 7) is 2.86. The lowest BCUT2D eigenvalue weighted by Crippen LogP contribution is -2.46. The molecular formula is C21H23FN2O3S. The summed E-state index contributed by atoms with van der Waals surface area (Å²) in [5, 5.41) is 0. The smallest absolute Gasteiger partial charge is 0.246 e. The second-order valence-electron chi connectivity index (χ2n) is 6.87. The summed E-state index contributed by atoms with van der Waals surface area (Å²) in [6.07, 6.45) is 2.69. The lowest BCUT2D eigenvalue weighted by molar-refractivity contribution is -0.127. The Morgan fingerprint density at radius 2 is 1.68 bits per heavy atom. The number of benzene rings is 2. The molecule has 1 aliphatic rings. The standard InChI is InChI=1S/C21H23FN2O3S/c1-16(17-5-3-2-4-6-17)15-21(25)24-13-11-19(12-14-24)23-28(26,27)20-9-7-18(22)8-10-20/h2-10,15,19,23H,11-14H2,1H3/b16-15+. The number of amides is 1. The van der Waals surface area contributed by atoms with Crippen LogP contribution in [0.2, 0.25) is 0 Å². The van der Waals surface area contributed by atoms with Crippen LogP contribution in [0.4, 0.5) is 4.39 Å². The Kier molecular flexibility index (Phi) is 6.26. The first kappa shape index (κ1) is 20.2. The van der Waals surface area contributed by atoms with E-state index in [9.17, 15) is 17.6 Å². The zero-order chi connectivity index (χ0) is 20.1. The van der Waals surface area contributed by atoms with Crippen LogP contribution in [0.25, 0.3) is 5.57 Å². The zero-order valence-electron chi connectivity index (χ0n) is 15.6. The minimum absolute atomic E-state index is 0.0359. The quantitative estimate of drug-likeness (QED) is 0.781. The van der Waals surface area contributed by atoms with Crippen molar-refractivity contribution in [3.05, 3.63) is 72.1 Å². The van der Waals surface area contributed by atoms with E-state index in [1.54, 1.807) is 11.0 Å². The monoisotopic (exact) mass is 402 g/mol. The van der Waals surface area contributed by atoms with E-state index in [2.05, 4.69) is 4.72 Å². The number of nitrogens with zero attached hydrogens (tertiary/aromatic N) is 1. The van der Waals surface area contributed by atoms with Crippen LogP contribution in [0.1, 0.15) is 25.3 Å². The molecule has 1 aliphatic heterocycles. The summed E-state index contributed by atoms with van der Waals surface area (Å²) in [7, 11) is -3.70. The van der Waals surface area contributed by atoms with Crippen molar-refractivity contribution < 1.29 is 17.6 Å². The molecule has 0 unspecified atom stereocenters. The van der Waals surface area contributed by atoms with Crippen LogP contribution in [-0.2, 0) is 14.8 Å². The maximum absolute atomic E-state index is 13.0.